The van der Waals surface area contributed by atoms with Gasteiger partial charge in [-0.15, -0.1) is 0 Å². The van der Waals surface area contributed by atoms with E-state index in [9.17, 15) is 12.8 Å². The van der Waals surface area contributed by atoms with Crippen molar-refractivity contribution < 1.29 is 12.8 Å². The third kappa shape index (κ3) is 3.53. The van der Waals surface area contributed by atoms with E-state index in [-0.39, 0.29) is 21.9 Å². The average Bonchev–Trinajstić information content (AvgIpc) is 3.12. The molecule has 1 aromatic carbocycles. The maximum atomic E-state index is 13.1. The zero-order valence-corrected chi connectivity index (χ0v) is 15.4. The van der Waals surface area contributed by atoms with E-state index >= 15 is 0 Å². The van der Waals surface area contributed by atoms with E-state index in [1.807, 2.05) is 6.07 Å². The smallest absolute Gasteiger partial charge is 0.261 e. The van der Waals surface area contributed by atoms with Gasteiger partial charge in [-0.2, -0.15) is 10.4 Å². The van der Waals surface area contributed by atoms with Gasteiger partial charge in [-0.1, -0.05) is 0 Å². The fraction of sp³-hybridized carbons (Fsp3) is 0. The van der Waals surface area contributed by atoms with Crippen molar-refractivity contribution in [2.24, 2.45) is 0 Å². The lowest BCUT2D eigenvalue weighted by atomic mass is 10.0. The van der Waals surface area contributed by atoms with Gasteiger partial charge in [0.2, 0.25) is 0 Å². The van der Waals surface area contributed by atoms with Crippen LogP contribution in [-0.2, 0) is 10.0 Å². The Balaban J connectivity index is 1.73. The van der Waals surface area contributed by atoms with Crippen molar-refractivity contribution in [1.29, 1.82) is 5.26 Å². The molecule has 140 valence electrons. The van der Waals surface area contributed by atoms with Crippen LogP contribution >= 0.6 is 0 Å². The molecule has 29 heavy (non-hydrogen) atoms. The molecule has 0 aliphatic carbocycles. The molecule has 0 saturated heterocycles. The van der Waals surface area contributed by atoms with Crippen molar-refractivity contribution >= 4 is 34.8 Å². The Labute approximate surface area is 166 Å². The van der Waals surface area contributed by atoms with Crippen molar-refractivity contribution in [3.05, 3.63) is 66.4 Å². The molecule has 0 bridgehead atoms. The summed E-state index contributed by atoms with van der Waals surface area (Å²) in [6.45, 7) is 0. The minimum absolute atomic E-state index is 0.0409. The van der Waals surface area contributed by atoms with Gasteiger partial charge in [0.05, 0.1) is 22.5 Å². The minimum atomic E-state index is -4.00. The van der Waals surface area contributed by atoms with Gasteiger partial charge in [-0.05, 0) is 42.5 Å². The number of hydrogen-bond acceptors (Lipinski definition) is 6. The Bertz CT molecular complexity index is 1380. The molecular weight excluding hydrogens is 394 g/mol. The van der Waals surface area contributed by atoms with Crippen molar-refractivity contribution in [1.82, 2.24) is 19.6 Å². The highest BCUT2D eigenvalue weighted by Gasteiger charge is 2.17. The van der Waals surface area contributed by atoms with Gasteiger partial charge in [-0.25, -0.2) is 22.3 Å². The molecule has 11 heteroatoms. The first kappa shape index (κ1) is 18.6. The van der Waals surface area contributed by atoms with E-state index in [1.54, 1.807) is 12.1 Å². The summed E-state index contributed by atoms with van der Waals surface area (Å²) in [6.07, 6.45) is 2.83. The Morgan fingerprint density at radius 1 is 1.10 bits per heavy atom. The number of imidazole rings is 1. The number of benzene rings is 1. The van der Waals surface area contributed by atoms with Gasteiger partial charge in [-0.3, -0.25) is 9.71 Å². The molecule has 1 N–H and O–H groups in total. The molecule has 0 unspecified atom stereocenters. The zero-order chi connectivity index (χ0) is 20.6. The lowest BCUT2D eigenvalue weighted by Gasteiger charge is -2.12. The van der Waals surface area contributed by atoms with E-state index in [4.69, 9.17) is 13.1 Å². The maximum absolute atomic E-state index is 13.1. The van der Waals surface area contributed by atoms with Crippen LogP contribution in [-0.4, -0.2) is 35.8 Å². The molecule has 4 aromatic rings. The molecule has 3 heterocycles. The Kier molecular flexibility index (Phi) is 4.48. The van der Waals surface area contributed by atoms with E-state index < -0.39 is 15.8 Å². The molecule has 0 saturated carbocycles. The number of rotatable bonds is 4. The van der Waals surface area contributed by atoms with Crippen molar-refractivity contribution in [3.63, 3.8) is 0 Å². The summed E-state index contributed by atoms with van der Waals surface area (Å²) in [5, 5.41) is 13.5. The fourth-order valence-corrected chi connectivity index (χ4v) is 3.68. The van der Waals surface area contributed by atoms with Gasteiger partial charge >= 0.3 is 0 Å². The van der Waals surface area contributed by atoms with Crippen LogP contribution in [0.15, 0.2) is 59.8 Å². The predicted molar refractivity (Wildman–Crippen MR) is 104 cm³/mol. The Morgan fingerprint density at radius 3 is 2.59 bits per heavy atom. The van der Waals surface area contributed by atoms with Crippen LogP contribution in [0.5, 0.6) is 0 Å². The van der Waals surface area contributed by atoms with Gasteiger partial charge in [0.25, 0.3) is 10.0 Å². The third-order valence-electron chi connectivity index (χ3n) is 4.06. The molecule has 4 rings (SSSR count). The summed E-state index contributed by atoms with van der Waals surface area (Å²) in [4.78, 5) is 7.96. The number of sulfonamides is 1. The van der Waals surface area contributed by atoms with Crippen LogP contribution in [0.1, 0.15) is 5.69 Å². The number of fused-ring (bicyclic) bond motifs is 1. The highest BCUT2D eigenvalue weighted by molar-refractivity contribution is 7.92. The summed E-state index contributed by atoms with van der Waals surface area (Å²) in [5.74, 6) is -0.551. The standard InChI is InChI=1S/C18H10BFN6O2S/c19-18-16(25-29(27,28)14-3-1-12(20)2-4-14)7-11(9-23-18)15-5-6-17-22-10-13(8-21)26(17)24-15/h1-7,9-10,25H. The first-order valence-corrected chi connectivity index (χ1v) is 9.65. The molecule has 0 aliphatic rings. The fourth-order valence-electron chi connectivity index (χ4n) is 2.62. The van der Waals surface area contributed by atoms with Crippen LogP contribution < -0.4 is 10.3 Å². The topological polar surface area (TPSA) is 113 Å². The van der Waals surface area contributed by atoms with Crippen LogP contribution in [0.3, 0.4) is 0 Å². The lowest BCUT2D eigenvalue weighted by Crippen LogP contribution is -2.21. The Hall–Kier alpha value is -3.78. The molecule has 0 aliphatic heterocycles. The molecule has 0 amide bonds. The maximum Gasteiger partial charge on any atom is 0.261 e. The normalized spacial score (nSPS) is 11.3. The van der Waals surface area contributed by atoms with Gasteiger partial charge in [0.1, 0.15) is 19.7 Å². The quantitative estimate of drug-likeness (QED) is 0.515. The molecule has 3 aromatic heterocycles. The molecule has 2 radical (unpaired) electrons. The first-order chi connectivity index (χ1) is 13.9. The molecule has 0 fully saturated rings. The zero-order valence-electron chi connectivity index (χ0n) is 14.6. The number of nitrogens with zero attached hydrogens (tertiary/aromatic N) is 5. The summed E-state index contributed by atoms with van der Waals surface area (Å²) in [6, 6.07) is 11.2. The predicted octanol–water partition coefficient (Wildman–Crippen LogP) is 1.40. The number of hydrogen-bond donors (Lipinski definition) is 1. The monoisotopic (exact) mass is 404 g/mol. The molecule has 0 atom stereocenters. The number of pyridine rings is 1. The second kappa shape index (κ2) is 6.99. The second-order valence-corrected chi connectivity index (χ2v) is 7.64. The first-order valence-electron chi connectivity index (χ1n) is 8.16. The number of anilines is 1. The SMILES string of the molecule is [B]c1ncc(-c2ccc3ncc(C#N)n3n2)cc1NS(=O)(=O)c1ccc(F)cc1. The summed E-state index contributed by atoms with van der Waals surface area (Å²) in [7, 11) is 1.82. The minimum Gasteiger partial charge on any atom is -0.279 e. The number of halogens is 1. The van der Waals surface area contributed by atoms with Crippen molar-refractivity contribution in [2.45, 2.75) is 4.90 Å². The van der Waals surface area contributed by atoms with E-state index in [0.717, 1.165) is 24.3 Å². The van der Waals surface area contributed by atoms with E-state index in [0.29, 0.717) is 16.9 Å². The molecular formula is C18H10BFN6O2S. The van der Waals surface area contributed by atoms with Crippen LogP contribution in [0, 0.1) is 17.1 Å². The number of nitriles is 1. The summed E-state index contributed by atoms with van der Waals surface area (Å²) >= 11 is 0. The van der Waals surface area contributed by atoms with Gasteiger partial charge < -0.3 is 0 Å². The lowest BCUT2D eigenvalue weighted by molar-refractivity contribution is 0.599. The van der Waals surface area contributed by atoms with Crippen LogP contribution in [0.25, 0.3) is 16.9 Å². The van der Waals surface area contributed by atoms with Gasteiger partial charge in [0.15, 0.2) is 11.3 Å². The van der Waals surface area contributed by atoms with Crippen LogP contribution in [0.2, 0.25) is 0 Å². The average molecular weight is 404 g/mol. The summed E-state index contributed by atoms with van der Waals surface area (Å²) < 4.78 is 41.9. The van der Waals surface area contributed by atoms with Crippen molar-refractivity contribution in [2.75, 3.05) is 4.72 Å². The molecule has 8 nitrogen and oxygen atoms in total. The van der Waals surface area contributed by atoms with E-state index in [1.165, 1.54) is 23.0 Å². The third-order valence-corrected chi connectivity index (χ3v) is 5.44. The van der Waals surface area contributed by atoms with Crippen molar-refractivity contribution in [3.8, 4) is 17.3 Å². The largest absolute Gasteiger partial charge is 0.279 e. The van der Waals surface area contributed by atoms with Crippen LogP contribution in [0.4, 0.5) is 10.1 Å². The highest BCUT2D eigenvalue weighted by Crippen LogP contribution is 2.21. The number of aromatic nitrogens is 4. The Morgan fingerprint density at radius 2 is 1.86 bits per heavy atom. The second-order valence-electron chi connectivity index (χ2n) is 5.96. The summed E-state index contributed by atoms with van der Waals surface area (Å²) in [5.41, 5.74) is 1.64. The van der Waals surface area contributed by atoms with E-state index in [2.05, 4.69) is 19.8 Å². The highest BCUT2D eigenvalue weighted by atomic mass is 32.2. The number of nitrogens with one attached hydrogen (secondary N) is 1. The van der Waals surface area contributed by atoms with Gasteiger partial charge in [0, 0.05) is 17.4 Å². The molecule has 0 spiro atoms.